The van der Waals surface area contributed by atoms with E-state index in [1.54, 1.807) is 37.5 Å². The highest BCUT2D eigenvalue weighted by atomic mass is 32.2. The topological polar surface area (TPSA) is 96.0 Å². The monoisotopic (exact) mass is 410 g/mol. The summed E-state index contributed by atoms with van der Waals surface area (Å²) < 4.78 is 21.0. The van der Waals surface area contributed by atoms with Crippen molar-refractivity contribution < 1.29 is 32.7 Å². The highest BCUT2D eigenvalue weighted by Gasteiger charge is 2.61. The van der Waals surface area contributed by atoms with Crippen molar-refractivity contribution in [1.29, 1.82) is 0 Å². The second kappa shape index (κ2) is 8.71. The van der Waals surface area contributed by atoms with E-state index in [0.717, 1.165) is 17.5 Å². The van der Waals surface area contributed by atoms with Crippen molar-refractivity contribution in [2.24, 2.45) is 0 Å². The van der Waals surface area contributed by atoms with Gasteiger partial charge in [-0.1, -0.05) is 0 Å². The standard InChI is InChI=1S/C18H18O7S2/c1-2-22-17(21)18(11-26-9-12-5-3-7-23-12)15(14(19)16(20)25-18)27-10-13-6-4-8-24-13/h3-8,15H,2,9-11H2,1H3. The zero-order valence-electron chi connectivity index (χ0n) is 14.5. The zero-order chi connectivity index (χ0) is 19.3. The van der Waals surface area contributed by atoms with Crippen LogP contribution >= 0.6 is 23.5 Å². The summed E-state index contributed by atoms with van der Waals surface area (Å²) in [6.45, 7) is 1.77. The van der Waals surface area contributed by atoms with E-state index in [0.29, 0.717) is 17.3 Å². The van der Waals surface area contributed by atoms with E-state index in [1.165, 1.54) is 18.0 Å². The molecule has 0 aliphatic carbocycles. The third-order valence-electron chi connectivity index (χ3n) is 3.87. The molecule has 1 saturated heterocycles. The molecule has 0 aromatic carbocycles. The molecule has 3 rings (SSSR count). The fourth-order valence-electron chi connectivity index (χ4n) is 2.62. The number of hydrogen-bond acceptors (Lipinski definition) is 9. The smallest absolute Gasteiger partial charge is 0.377 e. The number of hydrogen-bond donors (Lipinski definition) is 0. The molecule has 0 spiro atoms. The number of cyclic esters (lactones) is 1. The maximum absolute atomic E-state index is 12.7. The molecule has 0 amide bonds. The van der Waals surface area contributed by atoms with E-state index in [9.17, 15) is 14.4 Å². The van der Waals surface area contributed by atoms with E-state index in [2.05, 4.69) is 0 Å². The summed E-state index contributed by atoms with van der Waals surface area (Å²) in [6, 6.07) is 7.05. The third-order valence-corrected chi connectivity index (χ3v) is 6.37. The molecule has 27 heavy (non-hydrogen) atoms. The minimum Gasteiger partial charge on any atom is -0.468 e. The van der Waals surface area contributed by atoms with Gasteiger partial charge in [0.05, 0.1) is 30.6 Å². The van der Waals surface area contributed by atoms with Crippen LogP contribution in [0.3, 0.4) is 0 Å². The van der Waals surface area contributed by atoms with Crippen molar-refractivity contribution in [3.63, 3.8) is 0 Å². The van der Waals surface area contributed by atoms with E-state index >= 15 is 0 Å². The van der Waals surface area contributed by atoms with Crippen LogP contribution in [-0.2, 0) is 35.4 Å². The van der Waals surface area contributed by atoms with Crippen LogP contribution in [0.5, 0.6) is 0 Å². The van der Waals surface area contributed by atoms with E-state index in [-0.39, 0.29) is 12.4 Å². The Morgan fingerprint density at radius 3 is 2.41 bits per heavy atom. The molecule has 9 heteroatoms. The van der Waals surface area contributed by atoms with Crippen LogP contribution in [0.15, 0.2) is 45.6 Å². The van der Waals surface area contributed by atoms with Crippen molar-refractivity contribution in [2.45, 2.75) is 29.3 Å². The molecule has 0 saturated carbocycles. The largest absolute Gasteiger partial charge is 0.468 e. The first-order chi connectivity index (χ1) is 13.1. The lowest BCUT2D eigenvalue weighted by Gasteiger charge is -2.29. The Kier molecular flexibility index (Phi) is 6.33. The molecule has 2 aromatic heterocycles. The molecule has 7 nitrogen and oxygen atoms in total. The summed E-state index contributed by atoms with van der Waals surface area (Å²) in [5.74, 6) is -0.244. The van der Waals surface area contributed by atoms with Gasteiger partial charge in [-0.15, -0.1) is 23.5 Å². The second-order valence-corrected chi connectivity index (χ2v) is 7.79. The number of rotatable bonds is 9. The Morgan fingerprint density at radius 1 is 1.15 bits per heavy atom. The SMILES string of the molecule is CCOC(=O)C1(CSCc2ccco2)OC(=O)C(=O)C1SCc1ccco1. The van der Waals surface area contributed by atoms with Gasteiger partial charge in [-0.3, -0.25) is 4.79 Å². The number of furan rings is 2. The average Bonchev–Trinajstić information content (AvgIpc) is 3.38. The van der Waals surface area contributed by atoms with Crippen molar-refractivity contribution in [2.75, 3.05) is 12.4 Å². The van der Waals surface area contributed by atoms with Gasteiger partial charge in [-0.05, 0) is 31.2 Å². The summed E-state index contributed by atoms with van der Waals surface area (Å²) in [4.78, 5) is 37.1. The predicted molar refractivity (Wildman–Crippen MR) is 99.1 cm³/mol. The Hall–Kier alpha value is -2.13. The number of ketones is 1. The van der Waals surface area contributed by atoms with Gasteiger partial charge in [0, 0.05) is 5.75 Å². The maximum atomic E-state index is 12.7. The Balaban J connectivity index is 1.79. The van der Waals surface area contributed by atoms with Crippen LogP contribution in [0.4, 0.5) is 0 Å². The van der Waals surface area contributed by atoms with Crippen molar-refractivity contribution in [1.82, 2.24) is 0 Å². The molecule has 1 fully saturated rings. The molecule has 3 heterocycles. The highest BCUT2D eigenvalue weighted by Crippen LogP contribution is 2.39. The normalized spacial score (nSPS) is 22.0. The maximum Gasteiger partial charge on any atom is 0.377 e. The minimum absolute atomic E-state index is 0.0832. The zero-order valence-corrected chi connectivity index (χ0v) is 16.2. The number of Topliss-reactive ketones (excluding diaryl/α,β-unsaturated/α-hetero) is 1. The third kappa shape index (κ3) is 4.24. The van der Waals surface area contributed by atoms with Gasteiger partial charge in [-0.25, -0.2) is 9.59 Å². The van der Waals surface area contributed by atoms with Gasteiger partial charge < -0.3 is 18.3 Å². The first-order valence-electron chi connectivity index (χ1n) is 8.25. The lowest BCUT2D eigenvalue weighted by molar-refractivity contribution is -0.171. The first kappa shape index (κ1) is 19.6. The quantitative estimate of drug-likeness (QED) is 0.457. The van der Waals surface area contributed by atoms with Crippen LogP contribution < -0.4 is 0 Å². The van der Waals surface area contributed by atoms with Gasteiger partial charge in [-0.2, -0.15) is 0 Å². The fraction of sp³-hybridized carbons (Fsp3) is 0.389. The number of ether oxygens (including phenoxy) is 2. The predicted octanol–water partition coefficient (Wildman–Crippen LogP) is 2.84. The van der Waals surface area contributed by atoms with Crippen molar-refractivity contribution in [3.8, 4) is 0 Å². The summed E-state index contributed by atoms with van der Waals surface area (Å²) in [6.07, 6.45) is 3.07. The van der Waals surface area contributed by atoms with Gasteiger partial charge >= 0.3 is 11.9 Å². The Bertz CT molecular complexity index is 785. The second-order valence-electron chi connectivity index (χ2n) is 5.71. The van der Waals surface area contributed by atoms with Gasteiger partial charge in [0.25, 0.3) is 5.78 Å². The van der Waals surface area contributed by atoms with Crippen molar-refractivity contribution >= 4 is 41.2 Å². The van der Waals surface area contributed by atoms with Crippen LogP contribution in [0, 0.1) is 0 Å². The lowest BCUT2D eigenvalue weighted by Crippen LogP contribution is -2.51. The summed E-state index contributed by atoms with van der Waals surface area (Å²) in [5, 5.41) is -1.00. The Morgan fingerprint density at radius 2 is 1.81 bits per heavy atom. The van der Waals surface area contributed by atoms with E-state index in [4.69, 9.17) is 18.3 Å². The molecule has 1 aliphatic rings. The van der Waals surface area contributed by atoms with Gasteiger partial charge in [0.2, 0.25) is 5.60 Å². The van der Waals surface area contributed by atoms with Gasteiger partial charge in [0.1, 0.15) is 16.8 Å². The van der Waals surface area contributed by atoms with E-state index in [1.807, 2.05) is 0 Å². The molecule has 1 aliphatic heterocycles. The molecular weight excluding hydrogens is 392 g/mol. The van der Waals surface area contributed by atoms with Crippen LogP contribution in [0.2, 0.25) is 0 Å². The molecule has 0 radical (unpaired) electrons. The summed E-state index contributed by atoms with van der Waals surface area (Å²) in [7, 11) is 0. The number of carbonyl (C=O) groups excluding carboxylic acids is 3. The average molecular weight is 410 g/mol. The van der Waals surface area contributed by atoms with Gasteiger partial charge in [0.15, 0.2) is 0 Å². The molecule has 0 N–H and O–H groups in total. The molecule has 2 unspecified atom stereocenters. The molecular formula is C18H18O7S2. The highest BCUT2D eigenvalue weighted by molar-refractivity contribution is 8.00. The van der Waals surface area contributed by atoms with Crippen LogP contribution in [0.25, 0.3) is 0 Å². The molecule has 2 atom stereocenters. The molecule has 2 aromatic rings. The van der Waals surface area contributed by atoms with Crippen LogP contribution in [0.1, 0.15) is 18.4 Å². The minimum atomic E-state index is -1.67. The molecule has 0 bridgehead atoms. The Labute approximate surface area is 164 Å². The van der Waals surface area contributed by atoms with Crippen LogP contribution in [-0.4, -0.2) is 40.9 Å². The lowest BCUT2D eigenvalue weighted by atomic mass is 10.0. The number of carbonyl (C=O) groups is 3. The number of esters is 2. The summed E-state index contributed by atoms with van der Waals surface area (Å²) in [5.41, 5.74) is -1.67. The summed E-state index contributed by atoms with van der Waals surface area (Å²) >= 11 is 2.47. The fourth-order valence-corrected chi connectivity index (χ4v) is 5.08. The molecule has 144 valence electrons. The first-order valence-corrected chi connectivity index (χ1v) is 10.5. The number of thioether (sulfide) groups is 2. The van der Waals surface area contributed by atoms with Crippen molar-refractivity contribution in [3.05, 3.63) is 48.3 Å². The van der Waals surface area contributed by atoms with E-state index < -0.39 is 28.6 Å².